The van der Waals surface area contributed by atoms with E-state index < -0.39 is 0 Å². The van der Waals surface area contributed by atoms with Crippen molar-refractivity contribution >= 4 is 0 Å². The summed E-state index contributed by atoms with van der Waals surface area (Å²) in [5.41, 5.74) is 0. The van der Waals surface area contributed by atoms with Gasteiger partial charge in [-0.05, 0) is 44.2 Å². The summed E-state index contributed by atoms with van der Waals surface area (Å²) in [7, 11) is 2.31. The topological polar surface area (TPSA) is 15.3 Å². The van der Waals surface area contributed by atoms with Crippen molar-refractivity contribution < 1.29 is 0 Å². The summed E-state index contributed by atoms with van der Waals surface area (Å²) in [4.78, 5) is 2.59. The molecule has 0 saturated heterocycles. The third-order valence-corrected chi connectivity index (χ3v) is 4.05. The van der Waals surface area contributed by atoms with Gasteiger partial charge in [-0.3, -0.25) is 0 Å². The smallest absolute Gasteiger partial charge is 0.0272 e. The first kappa shape index (κ1) is 15.0. The highest BCUT2D eigenvalue weighted by molar-refractivity contribution is 4.93. The van der Waals surface area contributed by atoms with Crippen molar-refractivity contribution in [2.75, 3.05) is 20.1 Å². The molecule has 0 spiro atoms. The zero-order chi connectivity index (χ0) is 13.0. The monoisotopic (exact) mass is 240 g/mol. The molecule has 0 aromatic rings. The molecule has 1 N–H and O–H groups in total. The molecule has 0 amide bonds. The molecular weight excluding hydrogens is 208 g/mol. The van der Waals surface area contributed by atoms with E-state index in [1.165, 1.54) is 19.4 Å². The van der Waals surface area contributed by atoms with Crippen LogP contribution in [0.25, 0.3) is 0 Å². The van der Waals surface area contributed by atoms with Crippen LogP contribution >= 0.6 is 0 Å². The van der Waals surface area contributed by atoms with Gasteiger partial charge in [0.1, 0.15) is 0 Å². The summed E-state index contributed by atoms with van der Waals surface area (Å²) >= 11 is 0. The van der Waals surface area contributed by atoms with Gasteiger partial charge in [0.05, 0.1) is 0 Å². The molecule has 1 rings (SSSR count). The number of rotatable bonds is 5. The van der Waals surface area contributed by atoms with E-state index >= 15 is 0 Å². The van der Waals surface area contributed by atoms with E-state index in [4.69, 9.17) is 0 Å². The minimum absolute atomic E-state index is 0.683. The standard InChI is InChI=1S/C15H32N2/c1-7-16-14-9-12(4)8-13(5)15(14)17(6)10-11(2)3/h11-16H,7-10H2,1-6H3. The van der Waals surface area contributed by atoms with Crippen LogP contribution in [0.2, 0.25) is 0 Å². The number of likely N-dealkylation sites (N-methyl/N-ethyl adjacent to an activating group) is 2. The second-order valence-electron chi connectivity index (χ2n) is 6.54. The quantitative estimate of drug-likeness (QED) is 0.795. The highest BCUT2D eigenvalue weighted by atomic mass is 15.2. The molecule has 1 aliphatic carbocycles. The lowest BCUT2D eigenvalue weighted by Gasteiger charge is -2.45. The summed E-state index contributed by atoms with van der Waals surface area (Å²) in [5, 5.41) is 3.71. The molecule has 0 aromatic heterocycles. The van der Waals surface area contributed by atoms with Gasteiger partial charge in [0.15, 0.2) is 0 Å². The van der Waals surface area contributed by atoms with Crippen LogP contribution in [0.1, 0.15) is 47.5 Å². The fourth-order valence-electron chi connectivity index (χ4n) is 3.75. The molecule has 2 heteroatoms. The van der Waals surface area contributed by atoms with Crippen molar-refractivity contribution in [1.82, 2.24) is 10.2 Å². The molecule has 4 atom stereocenters. The molecule has 0 bridgehead atoms. The predicted octanol–water partition coefficient (Wildman–Crippen LogP) is 2.99. The van der Waals surface area contributed by atoms with Gasteiger partial charge in [-0.2, -0.15) is 0 Å². The molecule has 1 fully saturated rings. The average molecular weight is 240 g/mol. The zero-order valence-corrected chi connectivity index (χ0v) is 12.7. The Kier molecular flexibility index (Phi) is 5.94. The summed E-state index contributed by atoms with van der Waals surface area (Å²) in [6, 6.07) is 1.40. The van der Waals surface area contributed by atoms with Gasteiger partial charge in [0.25, 0.3) is 0 Å². The van der Waals surface area contributed by atoms with Crippen LogP contribution in [0, 0.1) is 17.8 Å². The predicted molar refractivity (Wildman–Crippen MR) is 76.3 cm³/mol. The molecule has 17 heavy (non-hydrogen) atoms. The maximum absolute atomic E-state index is 3.71. The van der Waals surface area contributed by atoms with Gasteiger partial charge in [0.2, 0.25) is 0 Å². The van der Waals surface area contributed by atoms with Crippen LogP contribution in [-0.2, 0) is 0 Å². The van der Waals surface area contributed by atoms with Crippen molar-refractivity contribution in [3.05, 3.63) is 0 Å². The van der Waals surface area contributed by atoms with Gasteiger partial charge >= 0.3 is 0 Å². The first-order valence-corrected chi connectivity index (χ1v) is 7.39. The van der Waals surface area contributed by atoms with E-state index in [1.54, 1.807) is 0 Å². The largest absolute Gasteiger partial charge is 0.313 e. The molecule has 102 valence electrons. The highest BCUT2D eigenvalue weighted by Crippen LogP contribution is 2.32. The Bertz CT molecular complexity index is 215. The lowest BCUT2D eigenvalue weighted by molar-refractivity contribution is 0.0733. The van der Waals surface area contributed by atoms with E-state index in [2.05, 4.69) is 51.9 Å². The van der Waals surface area contributed by atoms with Crippen LogP contribution in [0.4, 0.5) is 0 Å². The highest BCUT2D eigenvalue weighted by Gasteiger charge is 2.35. The lowest BCUT2D eigenvalue weighted by Crippen LogP contribution is -2.56. The summed E-state index contributed by atoms with van der Waals surface area (Å²) in [5.74, 6) is 2.44. The lowest BCUT2D eigenvalue weighted by atomic mass is 9.75. The Morgan fingerprint density at radius 2 is 1.88 bits per heavy atom. The Labute approximate surface area is 108 Å². The number of nitrogens with zero attached hydrogens (tertiary/aromatic N) is 1. The van der Waals surface area contributed by atoms with Crippen LogP contribution < -0.4 is 5.32 Å². The molecule has 1 saturated carbocycles. The minimum atomic E-state index is 0.683. The van der Waals surface area contributed by atoms with E-state index in [9.17, 15) is 0 Å². The minimum Gasteiger partial charge on any atom is -0.313 e. The second-order valence-corrected chi connectivity index (χ2v) is 6.54. The van der Waals surface area contributed by atoms with Crippen LogP contribution in [0.3, 0.4) is 0 Å². The molecular formula is C15H32N2. The summed E-state index contributed by atoms with van der Waals surface area (Å²) in [6.45, 7) is 14.0. The SMILES string of the molecule is CCNC1CC(C)CC(C)C1N(C)CC(C)C. The van der Waals surface area contributed by atoms with Gasteiger partial charge < -0.3 is 10.2 Å². The van der Waals surface area contributed by atoms with E-state index in [-0.39, 0.29) is 0 Å². The molecule has 0 radical (unpaired) electrons. The fourth-order valence-corrected chi connectivity index (χ4v) is 3.75. The number of hydrogen-bond donors (Lipinski definition) is 1. The van der Waals surface area contributed by atoms with Gasteiger partial charge in [0, 0.05) is 18.6 Å². The third kappa shape index (κ3) is 4.26. The average Bonchev–Trinajstić information content (AvgIpc) is 2.15. The first-order chi connectivity index (χ1) is 7.95. The van der Waals surface area contributed by atoms with Gasteiger partial charge in [-0.15, -0.1) is 0 Å². The van der Waals surface area contributed by atoms with Crippen LogP contribution in [0.5, 0.6) is 0 Å². The van der Waals surface area contributed by atoms with Gasteiger partial charge in [-0.25, -0.2) is 0 Å². The Hall–Kier alpha value is -0.0800. The van der Waals surface area contributed by atoms with E-state index in [1.807, 2.05) is 0 Å². The van der Waals surface area contributed by atoms with E-state index in [0.29, 0.717) is 12.1 Å². The molecule has 2 nitrogen and oxygen atoms in total. The Balaban J connectivity index is 2.68. The van der Waals surface area contributed by atoms with Crippen molar-refractivity contribution in [1.29, 1.82) is 0 Å². The molecule has 4 unspecified atom stereocenters. The first-order valence-electron chi connectivity index (χ1n) is 7.39. The van der Waals surface area contributed by atoms with Crippen molar-refractivity contribution in [3.8, 4) is 0 Å². The Morgan fingerprint density at radius 1 is 1.24 bits per heavy atom. The molecule has 0 heterocycles. The normalized spacial score (nSPS) is 34.6. The molecule has 0 aromatic carbocycles. The van der Waals surface area contributed by atoms with Crippen LogP contribution in [0.15, 0.2) is 0 Å². The van der Waals surface area contributed by atoms with E-state index in [0.717, 1.165) is 24.3 Å². The van der Waals surface area contributed by atoms with Crippen molar-refractivity contribution in [2.45, 2.75) is 59.5 Å². The van der Waals surface area contributed by atoms with Crippen molar-refractivity contribution in [2.24, 2.45) is 17.8 Å². The maximum atomic E-state index is 3.71. The third-order valence-electron chi connectivity index (χ3n) is 4.05. The second kappa shape index (κ2) is 6.75. The summed E-state index contributed by atoms with van der Waals surface area (Å²) in [6.07, 6.45) is 2.72. The molecule has 0 aliphatic heterocycles. The Morgan fingerprint density at radius 3 is 2.41 bits per heavy atom. The van der Waals surface area contributed by atoms with Gasteiger partial charge in [-0.1, -0.05) is 34.6 Å². The maximum Gasteiger partial charge on any atom is 0.0272 e. The number of hydrogen-bond acceptors (Lipinski definition) is 2. The number of nitrogens with one attached hydrogen (secondary N) is 1. The molecule has 1 aliphatic rings. The fraction of sp³-hybridized carbons (Fsp3) is 1.00. The summed E-state index contributed by atoms with van der Waals surface area (Å²) < 4.78 is 0. The zero-order valence-electron chi connectivity index (χ0n) is 12.7. The van der Waals surface area contributed by atoms with Crippen LogP contribution in [-0.4, -0.2) is 37.1 Å². The van der Waals surface area contributed by atoms with Crippen molar-refractivity contribution in [3.63, 3.8) is 0 Å².